The summed E-state index contributed by atoms with van der Waals surface area (Å²) >= 11 is 0. The number of carbonyl (C=O) groups excluding carboxylic acids is 1. The summed E-state index contributed by atoms with van der Waals surface area (Å²) < 4.78 is 0. The molecular formula is C18H25NO3. The molecule has 1 aromatic carbocycles. The van der Waals surface area contributed by atoms with E-state index < -0.39 is 5.97 Å². The number of carboxylic acids is 1. The monoisotopic (exact) mass is 303 g/mol. The van der Waals surface area contributed by atoms with Crippen molar-refractivity contribution in [3.05, 3.63) is 35.9 Å². The minimum atomic E-state index is -0.940. The van der Waals surface area contributed by atoms with E-state index in [-0.39, 0.29) is 18.4 Å². The van der Waals surface area contributed by atoms with E-state index in [0.717, 1.165) is 12.8 Å². The molecule has 0 radical (unpaired) electrons. The van der Waals surface area contributed by atoms with Crippen molar-refractivity contribution in [3.63, 3.8) is 0 Å². The third-order valence-corrected chi connectivity index (χ3v) is 4.23. The molecule has 120 valence electrons. The van der Waals surface area contributed by atoms with Crippen LogP contribution >= 0.6 is 0 Å². The van der Waals surface area contributed by atoms with Crippen LogP contribution in [0.4, 0.5) is 0 Å². The number of hydrogen-bond donors (Lipinski definition) is 1. The molecule has 0 unspecified atom stereocenters. The minimum Gasteiger partial charge on any atom is -0.480 e. The summed E-state index contributed by atoms with van der Waals surface area (Å²) in [4.78, 5) is 24.7. The summed E-state index contributed by atoms with van der Waals surface area (Å²) in [5.74, 6) is 0.261. The van der Waals surface area contributed by atoms with Gasteiger partial charge in [0.2, 0.25) is 5.91 Å². The maximum absolute atomic E-state index is 12.3. The van der Waals surface area contributed by atoms with Crippen LogP contribution in [0, 0.1) is 11.8 Å². The summed E-state index contributed by atoms with van der Waals surface area (Å²) in [6, 6.07) is 10.4. The molecule has 1 aromatic rings. The van der Waals surface area contributed by atoms with Gasteiger partial charge in [-0.3, -0.25) is 9.59 Å². The van der Waals surface area contributed by atoms with Crippen molar-refractivity contribution in [1.29, 1.82) is 0 Å². The van der Waals surface area contributed by atoms with Crippen molar-refractivity contribution < 1.29 is 14.7 Å². The molecule has 1 amide bonds. The van der Waals surface area contributed by atoms with Gasteiger partial charge >= 0.3 is 5.97 Å². The molecule has 2 rings (SSSR count). The topological polar surface area (TPSA) is 57.6 Å². The largest absolute Gasteiger partial charge is 0.480 e. The summed E-state index contributed by atoms with van der Waals surface area (Å²) in [5.41, 5.74) is 1.34. The van der Waals surface area contributed by atoms with Crippen LogP contribution in [-0.2, 0) is 9.59 Å². The SMILES string of the molecule is CC(C)CN(CC(=O)O)C(=O)CC1CC(c2ccccc2)C1. The molecule has 0 atom stereocenters. The Morgan fingerprint density at radius 3 is 2.41 bits per heavy atom. The number of amides is 1. The van der Waals surface area contributed by atoms with Crippen LogP contribution in [0.25, 0.3) is 0 Å². The van der Waals surface area contributed by atoms with E-state index in [1.54, 1.807) is 0 Å². The zero-order valence-corrected chi connectivity index (χ0v) is 13.4. The predicted molar refractivity (Wildman–Crippen MR) is 85.6 cm³/mol. The Morgan fingerprint density at radius 2 is 1.86 bits per heavy atom. The molecule has 22 heavy (non-hydrogen) atoms. The van der Waals surface area contributed by atoms with Gasteiger partial charge in [-0.2, -0.15) is 0 Å². The molecular weight excluding hydrogens is 278 g/mol. The summed E-state index contributed by atoms with van der Waals surface area (Å²) in [5, 5.41) is 8.95. The molecule has 1 fully saturated rings. The normalized spacial score (nSPS) is 20.5. The standard InChI is InChI=1S/C18H25NO3/c1-13(2)11-19(12-18(21)22)17(20)10-14-8-16(9-14)15-6-4-3-5-7-15/h3-7,13-14,16H,8-12H2,1-2H3,(H,21,22). The lowest BCUT2D eigenvalue weighted by Gasteiger charge is -2.36. The summed E-state index contributed by atoms with van der Waals surface area (Å²) in [6.07, 6.45) is 2.53. The Morgan fingerprint density at radius 1 is 1.23 bits per heavy atom. The van der Waals surface area contributed by atoms with Crippen LogP contribution < -0.4 is 0 Å². The van der Waals surface area contributed by atoms with E-state index in [9.17, 15) is 9.59 Å². The zero-order chi connectivity index (χ0) is 16.1. The van der Waals surface area contributed by atoms with Gasteiger partial charge in [0.25, 0.3) is 0 Å². The van der Waals surface area contributed by atoms with Gasteiger partial charge in [0.15, 0.2) is 0 Å². The number of carboxylic acid groups (broad SMARTS) is 1. The highest BCUT2D eigenvalue weighted by molar-refractivity contribution is 5.81. The van der Waals surface area contributed by atoms with Crippen LogP contribution in [0.2, 0.25) is 0 Å². The smallest absolute Gasteiger partial charge is 0.323 e. The lowest BCUT2D eigenvalue weighted by atomic mass is 9.70. The molecule has 1 aliphatic carbocycles. The van der Waals surface area contributed by atoms with E-state index in [4.69, 9.17) is 5.11 Å². The fourth-order valence-electron chi connectivity index (χ4n) is 3.13. The molecule has 0 saturated heterocycles. The number of carbonyl (C=O) groups is 2. The summed E-state index contributed by atoms with van der Waals surface area (Å²) in [6.45, 7) is 4.32. The van der Waals surface area contributed by atoms with E-state index in [2.05, 4.69) is 12.1 Å². The number of hydrogen-bond acceptors (Lipinski definition) is 2. The Balaban J connectivity index is 1.83. The molecule has 0 bridgehead atoms. The highest BCUT2D eigenvalue weighted by Crippen LogP contribution is 2.43. The van der Waals surface area contributed by atoms with Crippen LogP contribution in [0.3, 0.4) is 0 Å². The number of nitrogens with zero attached hydrogens (tertiary/aromatic N) is 1. The maximum atomic E-state index is 12.3. The second kappa shape index (κ2) is 7.43. The van der Waals surface area contributed by atoms with E-state index in [0.29, 0.717) is 24.8 Å². The average Bonchev–Trinajstić information content (AvgIpc) is 2.41. The highest BCUT2D eigenvalue weighted by Gasteiger charge is 2.33. The lowest BCUT2D eigenvalue weighted by Crippen LogP contribution is -2.40. The molecule has 1 N–H and O–H groups in total. The van der Waals surface area contributed by atoms with Gasteiger partial charge in [0.1, 0.15) is 6.54 Å². The lowest BCUT2D eigenvalue weighted by molar-refractivity contribution is -0.145. The first-order chi connectivity index (χ1) is 10.5. The van der Waals surface area contributed by atoms with E-state index in [1.165, 1.54) is 10.5 Å². The maximum Gasteiger partial charge on any atom is 0.323 e. The molecule has 0 aliphatic heterocycles. The molecule has 4 heteroatoms. The molecule has 1 saturated carbocycles. The van der Waals surface area contributed by atoms with E-state index in [1.807, 2.05) is 32.0 Å². The number of aliphatic carboxylic acids is 1. The van der Waals surface area contributed by atoms with Gasteiger partial charge in [-0.1, -0.05) is 44.2 Å². The van der Waals surface area contributed by atoms with Gasteiger partial charge in [-0.15, -0.1) is 0 Å². The van der Waals surface area contributed by atoms with Crippen molar-refractivity contribution in [2.45, 2.75) is 39.0 Å². The Labute approximate surface area is 132 Å². The quantitative estimate of drug-likeness (QED) is 0.842. The molecule has 0 aromatic heterocycles. The van der Waals surface area contributed by atoms with Crippen LogP contribution in [0.5, 0.6) is 0 Å². The third-order valence-electron chi connectivity index (χ3n) is 4.23. The van der Waals surface area contributed by atoms with Crippen LogP contribution in [0.15, 0.2) is 30.3 Å². The van der Waals surface area contributed by atoms with Gasteiger partial charge < -0.3 is 10.0 Å². The van der Waals surface area contributed by atoms with Crippen LogP contribution in [0.1, 0.15) is 44.6 Å². The first-order valence-electron chi connectivity index (χ1n) is 8.00. The molecule has 0 heterocycles. The number of benzene rings is 1. The molecule has 1 aliphatic rings. The van der Waals surface area contributed by atoms with Gasteiger partial charge in [-0.05, 0) is 36.2 Å². The first-order valence-corrected chi connectivity index (χ1v) is 8.00. The van der Waals surface area contributed by atoms with Crippen LogP contribution in [-0.4, -0.2) is 35.0 Å². The fraction of sp³-hybridized carbons (Fsp3) is 0.556. The second-order valence-electron chi connectivity index (χ2n) is 6.71. The zero-order valence-electron chi connectivity index (χ0n) is 13.4. The van der Waals surface area contributed by atoms with Crippen molar-refractivity contribution >= 4 is 11.9 Å². The van der Waals surface area contributed by atoms with Crippen molar-refractivity contribution in [1.82, 2.24) is 4.90 Å². The Hall–Kier alpha value is -1.84. The molecule has 0 spiro atoms. The van der Waals surface area contributed by atoms with Crippen molar-refractivity contribution in [2.75, 3.05) is 13.1 Å². The Bertz CT molecular complexity index is 506. The van der Waals surface area contributed by atoms with Gasteiger partial charge in [0, 0.05) is 13.0 Å². The van der Waals surface area contributed by atoms with Gasteiger partial charge in [0.05, 0.1) is 0 Å². The summed E-state index contributed by atoms with van der Waals surface area (Å²) in [7, 11) is 0. The fourth-order valence-corrected chi connectivity index (χ4v) is 3.13. The Kier molecular flexibility index (Phi) is 5.58. The number of rotatable bonds is 7. The molecule has 4 nitrogen and oxygen atoms in total. The highest BCUT2D eigenvalue weighted by atomic mass is 16.4. The first kappa shape index (κ1) is 16.5. The van der Waals surface area contributed by atoms with E-state index >= 15 is 0 Å². The average molecular weight is 303 g/mol. The van der Waals surface area contributed by atoms with Gasteiger partial charge in [-0.25, -0.2) is 0 Å². The predicted octanol–water partition coefficient (Wildman–Crippen LogP) is 3.14. The van der Waals surface area contributed by atoms with Crippen molar-refractivity contribution in [2.24, 2.45) is 11.8 Å². The van der Waals surface area contributed by atoms with Crippen molar-refractivity contribution in [3.8, 4) is 0 Å². The minimum absolute atomic E-state index is 0.0207. The third kappa shape index (κ3) is 4.58. The second-order valence-corrected chi connectivity index (χ2v) is 6.71.